The summed E-state index contributed by atoms with van der Waals surface area (Å²) in [6.07, 6.45) is 1.79. The van der Waals surface area contributed by atoms with Gasteiger partial charge in [0.15, 0.2) is 5.78 Å². The van der Waals surface area contributed by atoms with Crippen LogP contribution in [0.4, 0.5) is 0 Å². The van der Waals surface area contributed by atoms with E-state index in [2.05, 4.69) is 0 Å². The highest BCUT2D eigenvalue weighted by Crippen LogP contribution is 2.55. The second-order valence-corrected chi connectivity index (χ2v) is 8.90. The summed E-state index contributed by atoms with van der Waals surface area (Å²) in [5, 5.41) is 0. The van der Waals surface area contributed by atoms with Crippen molar-refractivity contribution >= 4 is 17.3 Å². The molecule has 0 saturated carbocycles. The number of hydrogen-bond acceptors (Lipinski definition) is 4. The van der Waals surface area contributed by atoms with Gasteiger partial charge < -0.3 is 9.47 Å². The predicted octanol–water partition coefficient (Wildman–Crippen LogP) is 3.98. The first kappa shape index (κ1) is 17.5. The summed E-state index contributed by atoms with van der Waals surface area (Å²) in [5.74, 6) is -0.00569. The number of rotatable bonds is 2. The van der Waals surface area contributed by atoms with E-state index in [1.807, 2.05) is 52.8 Å². The third-order valence-electron chi connectivity index (χ3n) is 5.85. The van der Waals surface area contributed by atoms with Crippen LogP contribution >= 0.6 is 0 Å². The highest BCUT2D eigenvalue weighted by Gasteiger charge is 2.60. The molecule has 26 heavy (non-hydrogen) atoms. The fraction of sp³-hybridized carbons (Fsp3) is 0.545. The lowest BCUT2D eigenvalue weighted by atomic mass is 9.80. The van der Waals surface area contributed by atoms with Crippen LogP contribution in [0.2, 0.25) is 0 Å². The molecule has 3 aliphatic rings. The molecular formula is C22H26O4. The van der Waals surface area contributed by atoms with Gasteiger partial charge in [0, 0.05) is 0 Å². The van der Waals surface area contributed by atoms with Crippen LogP contribution in [0.25, 0.3) is 5.57 Å². The van der Waals surface area contributed by atoms with Crippen LogP contribution in [0.15, 0.2) is 24.0 Å². The number of benzene rings is 1. The molecule has 138 valence electrons. The zero-order chi connectivity index (χ0) is 18.8. The van der Waals surface area contributed by atoms with Crippen molar-refractivity contribution < 1.29 is 19.1 Å². The average molecular weight is 354 g/mol. The van der Waals surface area contributed by atoms with Gasteiger partial charge in [0.2, 0.25) is 0 Å². The van der Waals surface area contributed by atoms with E-state index in [0.717, 1.165) is 29.5 Å². The van der Waals surface area contributed by atoms with Crippen LogP contribution in [-0.4, -0.2) is 24.0 Å². The maximum absolute atomic E-state index is 13.4. The van der Waals surface area contributed by atoms with E-state index in [4.69, 9.17) is 9.47 Å². The van der Waals surface area contributed by atoms with Gasteiger partial charge >= 0.3 is 5.97 Å². The van der Waals surface area contributed by atoms with E-state index in [9.17, 15) is 9.59 Å². The van der Waals surface area contributed by atoms with Crippen LogP contribution in [0.5, 0.6) is 0 Å². The highest BCUT2D eigenvalue weighted by atomic mass is 16.5. The molecule has 2 bridgehead atoms. The normalized spacial score (nSPS) is 30.1. The first-order valence-electron chi connectivity index (χ1n) is 9.42. The number of carbonyl (C=O) groups is 2. The number of esters is 1. The summed E-state index contributed by atoms with van der Waals surface area (Å²) in [5.41, 5.74) is 2.97. The smallest absolute Gasteiger partial charge is 0.316 e. The van der Waals surface area contributed by atoms with Crippen LogP contribution in [-0.2, 0) is 19.1 Å². The van der Waals surface area contributed by atoms with E-state index in [1.165, 1.54) is 0 Å². The molecule has 2 aliphatic heterocycles. The topological polar surface area (TPSA) is 52.6 Å². The quantitative estimate of drug-likeness (QED) is 0.754. The number of hydrogen-bond donors (Lipinski definition) is 0. The molecule has 0 N–H and O–H groups in total. The Morgan fingerprint density at radius 1 is 1.12 bits per heavy atom. The van der Waals surface area contributed by atoms with E-state index in [0.29, 0.717) is 11.3 Å². The Balaban J connectivity index is 1.86. The Morgan fingerprint density at radius 3 is 2.42 bits per heavy atom. The van der Waals surface area contributed by atoms with Gasteiger partial charge in [-0.25, -0.2) is 0 Å². The largest absolute Gasteiger partial charge is 0.429 e. The molecule has 1 unspecified atom stereocenters. The van der Waals surface area contributed by atoms with Crippen LogP contribution in [0.1, 0.15) is 50.3 Å². The van der Waals surface area contributed by atoms with E-state index >= 15 is 0 Å². The predicted molar refractivity (Wildman–Crippen MR) is 98.3 cm³/mol. The summed E-state index contributed by atoms with van der Waals surface area (Å²) >= 11 is 0. The van der Waals surface area contributed by atoms with Crippen molar-refractivity contribution in [1.29, 1.82) is 0 Å². The van der Waals surface area contributed by atoms with Gasteiger partial charge in [0.1, 0.15) is 5.76 Å². The van der Waals surface area contributed by atoms with Gasteiger partial charge in [0.25, 0.3) is 0 Å². The minimum Gasteiger partial charge on any atom is -0.429 e. The number of aryl methyl sites for hydroxylation is 2. The summed E-state index contributed by atoms with van der Waals surface area (Å²) in [4.78, 5) is 26.0. The Hall–Kier alpha value is -1.94. The number of Topliss-reactive ketones (excluding diaryl/α,β-unsaturated/α-hetero) is 1. The van der Waals surface area contributed by atoms with Gasteiger partial charge in [-0.2, -0.15) is 0 Å². The van der Waals surface area contributed by atoms with Crippen LogP contribution in [0, 0.1) is 31.1 Å². The summed E-state index contributed by atoms with van der Waals surface area (Å²) in [6, 6.07) is 6.08. The molecule has 1 aromatic rings. The highest BCUT2D eigenvalue weighted by molar-refractivity contribution is 6.26. The number of allylic oxidation sites excluding steroid dienone is 1. The first-order chi connectivity index (χ1) is 12.2. The Bertz CT molecular complexity index is 827. The lowest BCUT2D eigenvalue weighted by Crippen LogP contribution is -2.31. The number of ketones is 1. The molecule has 0 spiro atoms. The molecule has 4 rings (SSSR count). The molecule has 0 aromatic heterocycles. The Morgan fingerprint density at radius 2 is 1.77 bits per heavy atom. The summed E-state index contributed by atoms with van der Waals surface area (Å²) < 4.78 is 11.9. The molecule has 0 radical (unpaired) electrons. The van der Waals surface area contributed by atoms with Crippen LogP contribution < -0.4 is 0 Å². The third kappa shape index (κ3) is 2.54. The maximum atomic E-state index is 13.4. The van der Waals surface area contributed by atoms with Crippen molar-refractivity contribution in [2.24, 2.45) is 17.3 Å². The number of ether oxygens (including phenoxy) is 2. The van der Waals surface area contributed by atoms with Crippen molar-refractivity contribution in [3.63, 3.8) is 0 Å². The monoisotopic (exact) mass is 354 g/mol. The zero-order valence-electron chi connectivity index (χ0n) is 16.1. The van der Waals surface area contributed by atoms with E-state index in [-0.39, 0.29) is 35.8 Å². The standard InChI is InChI=1S/C22H26O4/c1-11-6-7-12(2)13(10-11)16-19(23)17-14-8-9-15(25-14)18(17)20(16)26-21(24)22(3,4)5/h6-7,10,14-15,17-18H,8-9H2,1-5H3/t14-,15+,17-,18?/m0/s1. The number of fused-ring (bicyclic) bond motifs is 5. The Kier molecular flexibility index (Phi) is 3.88. The van der Waals surface area contributed by atoms with Gasteiger partial charge in [-0.1, -0.05) is 23.8 Å². The lowest BCUT2D eigenvalue weighted by Gasteiger charge is -2.24. The summed E-state index contributed by atoms with van der Waals surface area (Å²) in [6.45, 7) is 9.51. The van der Waals surface area contributed by atoms with Crippen molar-refractivity contribution in [3.05, 3.63) is 40.6 Å². The molecular weight excluding hydrogens is 328 g/mol. The zero-order valence-corrected chi connectivity index (χ0v) is 16.1. The third-order valence-corrected chi connectivity index (χ3v) is 5.85. The Labute approximate surface area is 154 Å². The molecule has 2 heterocycles. The molecule has 1 aromatic carbocycles. The molecule has 2 fully saturated rings. The van der Waals surface area contributed by atoms with Gasteiger partial charge in [-0.3, -0.25) is 9.59 Å². The molecule has 0 amide bonds. The fourth-order valence-electron chi connectivity index (χ4n) is 4.44. The molecule has 1 aliphatic carbocycles. The van der Waals surface area contributed by atoms with Gasteiger partial charge in [0.05, 0.1) is 35.0 Å². The minimum absolute atomic E-state index is 0.0145. The van der Waals surface area contributed by atoms with Crippen LogP contribution in [0.3, 0.4) is 0 Å². The van der Waals surface area contributed by atoms with Gasteiger partial charge in [-0.05, 0) is 58.6 Å². The molecule has 4 atom stereocenters. The van der Waals surface area contributed by atoms with E-state index in [1.54, 1.807) is 0 Å². The number of carbonyl (C=O) groups excluding carboxylic acids is 2. The lowest BCUT2D eigenvalue weighted by molar-refractivity contribution is -0.149. The maximum Gasteiger partial charge on any atom is 0.316 e. The second kappa shape index (κ2) is 5.78. The molecule has 4 heteroatoms. The van der Waals surface area contributed by atoms with Crippen molar-refractivity contribution in [2.45, 2.75) is 59.7 Å². The van der Waals surface area contributed by atoms with Crippen molar-refractivity contribution in [3.8, 4) is 0 Å². The first-order valence-corrected chi connectivity index (χ1v) is 9.42. The second-order valence-electron chi connectivity index (χ2n) is 8.90. The molecule has 2 saturated heterocycles. The van der Waals surface area contributed by atoms with E-state index < -0.39 is 5.41 Å². The fourth-order valence-corrected chi connectivity index (χ4v) is 4.44. The minimum atomic E-state index is -0.626. The summed E-state index contributed by atoms with van der Waals surface area (Å²) in [7, 11) is 0. The SMILES string of the molecule is Cc1ccc(C)c(C2=C(OC(=O)C(C)(C)C)C3[C@@H](C2=O)[C@@H]2CC[C@H]3O2)c1. The van der Waals surface area contributed by atoms with Crippen molar-refractivity contribution in [2.75, 3.05) is 0 Å². The average Bonchev–Trinajstić information content (AvgIpc) is 3.23. The van der Waals surface area contributed by atoms with Crippen molar-refractivity contribution in [1.82, 2.24) is 0 Å². The van der Waals surface area contributed by atoms with Gasteiger partial charge in [-0.15, -0.1) is 0 Å². The molecule has 4 nitrogen and oxygen atoms in total.